The summed E-state index contributed by atoms with van der Waals surface area (Å²) in [4.78, 5) is 5.38. The van der Waals surface area contributed by atoms with Crippen LogP contribution >= 0.6 is 0 Å². The van der Waals surface area contributed by atoms with Crippen molar-refractivity contribution in [3.63, 3.8) is 0 Å². The smallest absolute Gasteiger partial charge is 0.0228 e. The quantitative estimate of drug-likeness (QED) is 0.690. The lowest BCUT2D eigenvalue weighted by atomic mass is 10.0. The van der Waals surface area contributed by atoms with Crippen molar-refractivity contribution in [2.45, 2.75) is 58.0 Å². The predicted octanol–water partition coefficient (Wildman–Crippen LogP) is 2.35. The second-order valence-electron chi connectivity index (χ2n) is 6.17. The largest absolute Gasteiger partial charge is 0.302 e. The number of likely N-dealkylation sites (tertiary alicyclic amines) is 2. The van der Waals surface area contributed by atoms with Crippen LogP contribution in [0, 0.1) is 0 Å². The molecule has 88 valence electrons. The van der Waals surface area contributed by atoms with Gasteiger partial charge in [-0.3, -0.25) is 4.90 Å². The summed E-state index contributed by atoms with van der Waals surface area (Å²) in [5, 5.41) is 0. The molecule has 2 nitrogen and oxygen atoms in total. The third kappa shape index (κ3) is 2.73. The van der Waals surface area contributed by atoms with E-state index in [1.807, 2.05) is 0 Å². The van der Waals surface area contributed by atoms with Crippen LogP contribution in [0.1, 0.15) is 46.5 Å². The molecule has 2 heterocycles. The molecule has 0 N–H and O–H groups in total. The summed E-state index contributed by atoms with van der Waals surface area (Å²) in [6.07, 6.45) is 5.65. The molecule has 0 unspecified atom stereocenters. The highest BCUT2D eigenvalue weighted by atomic mass is 15.3. The minimum atomic E-state index is 0.362. The molecule has 0 saturated carbocycles. The molecular weight excluding hydrogens is 184 g/mol. The SMILES string of the molecule is CC(C)(C)N1CCC[C@H]1CN1CCCC1. The molecule has 0 amide bonds. The van der Waals surface area contributed by atoms with E-state index in [0.717, 1.165) is 6.04 Å². The van der Waals surface area contributed by atoms with Crippen LogP contribution in [0.25, 0.3) is 0 Å². The fraction of sp³-hybridized carbons (Fsp3) is 1.00. The van der Waals surface area contributed by atoms with Crippen LogP contribution in [0.2, 0.25) is 0 Å². The van der Waals surface area contributed by atoms with E-state index in [2.05, 4.69) is 30.6 Å². The van der Waals surface area contributed by atoms with Crippen molar-refractivity contribution in [1.82, 2.24) is 9.80 Å². The van der Waals surface area contributed by atoms with Crippen LogP contribution in [0.5, 0.6) is 0 Å². The van der Waals surface area contributed by atoms with Gasteiger partial charge in [0.15, 0.2) is 0 Å². The number of nitrogens with zero attached hydrogens (tertiary/aromatic N) is 2. The number of hydrogen-bond acceptors (Lipinski definition) is 2. The van der Waals surface area contributed by atoms with Crippen LogP contribution in [-0.4, -0.2) is 47.6 Å². The Balaban J connectivity index is 1.90. The van der Waals surface area contributed by atoms with Crippen LogP contribution < -0.4 is 0 Å². The minimum absolute atomic E-state index is 0.362. The third-order valence-electron chi connectivity index (χ3n) is 3.91. The van der Waals surface area contributed by atoms with Crippen LogP contribution in [-0.2, 0) is 0 Å². The average molecular weight is 210 g/mol. The Kier molecular flexibility index (Phi) is 3.36. The molecule has 2 aliphatic rings. The van der Waals surface area contributed by atoms with Gasteiger partial charge in [-0.05, 0) is 66.1 Å². The minimum Gasteiger partial charge on any atom is -0.302 e. The molecule has 0 spiro atoms. The van der Waals surface area contributed by atoms with Gasteiger partial charge in [-0.25, -0.2) is 0 Å². The van der Waals surface area contributed by atoms with Crippen molar-refractivity contribution in [1.29, 1.82) is 0 Å². The highest BCUT2D eigenvalue weighted by molar-refractivity contribution is 4.90. The zero-order valence-corrected chi connectivity index (χ0v) is 10.6. The topological polar surface area (TPSA) is 6.48 Å². The van der Waals surface area contributed by atoms with Crippen molar-refractivity contribution in [2.75, 3.05) is 26.2 Å². The second kappa shape index (κ2) is 4.42. The summed E-state index contributed by atoms with van der Waals surface area (Å²) in [5.41, 5.74) is 0.362. The number of rotatable bonds is 2. The fourth-order valence-corrected chi connectivity index (χ4v) is 3.17. The van der Waals surface area contributed by atoms with Gasteiger partial charge in [-0.1, -0.05) is 0 Å². The Labute approximate surface area is 94.6 Å². The Hall–Kier alpha value is -0.0800. The van der Waals surface area contributed by atoms with Crippen LogP contribution in [0.3, 0.4) is 0 Å². The van der Waals surface area contributed by atoms with Crippen molar-refractivity contribution in [3.8, 4) is 0 Å². The van der Waals surface area contributed by atoms with E-state index in [0.29, 0.717) is 5.54 Å². The number of hydrogen-bond donors (Lipinski definition) is 0. The monoisotopic (exact) mass is 210 g/mol. The van der Waals surface area contributed by atoms with Gasteiger partial charge in [0.25, 0.3) is 0 Å². The predicted molar refractivity (Wildman–Crippen MR) is 65.2 cm³/mol. The molecule has 2 heteroatoms. The first-order valence-electron chi connectivity index (χ1n) is 6.56. The molecule has 2 fully saturated rings. The zero-order valence-electron chi connectivity index (χ0n) is 10.6. The summed E-state index contributed by atoms with van der Waals surface area (Å²) in [6, 6.07) is 0.822. The molecule has 0 bridgehead atoms. The lowest BCUT2D eigenvalue weighted by Gasteiger charge is -2.38. The molecule has 0 aromatic rings. The maximum atomic E-state index is 2.71. The molecule has 2 saturated heterocycles. The Morgan fingerprint density at radius 1 is 1.00 bits per heavy atom. The average Bonchev–Trinajstić information content (AvgIpc) is 2.73. The molecule has 0 radical (unpaired) electrons. The lowest BCUT2D eigenvalue weighted by Crippen LogP contribution is -2.48. The van der Waals surface area contributed by atoms with Gasteiger partial charge in [0.1, 0.15) is 0 Å². The summed E-state index contributed by atoms with van der Waals surface area (Å²) >= 11 is 0. The van der Waals surface area contributed by atoms with Gasteiger partial charge >= 0.3 is 0 Å². The van der Waals surface area contributed by atoms with E-state index in [-0.39, 0.29) is 0 Å². The van der Waals surface area contributed by atoms with E-state index in [4.69, 9.17) is 0 Å². The van der Waals surface area contributed by atoms with E-state index >= 15 is 0 Å². The molecule has 2 rings (SSSR count). The van der Waals surface area contributed by atoms with Gasteiger partial charge in [0.05, 0.1) is 0 Å². The van der Waals surface area contributed by atoms with E-state index in [1.165, 1.54) is 51.9 Å². The second-order valence-corrected chi connectivity index (χ2v) is 6.17. The summed E-state index contributed by atoms with van der Waals surface area (Å²) in [6.45, 7) is 12.4. The van der Waals surface area contributed by atoms with Crippen LogP contribution in [0.4, 0.5) is 0 Å². The first kappa shape index (κ1) is 11.4. The molecule has 2 aliphatic heterocycles. The van der Waals surface area contributed by atoms with Gasteiger partial charge in [-0.15, -0.1) is 0 Å². The third-order valence-corrected chi connectivity index (χ3v) is 3.91. The fourth-order valence-electron chi connectivity index (χ4n) is 3.17. The molecule has 0 aromatic carbocycles. The summed E-state index contributed by atoms with van der Waals surface area (Å²) in [5.74, 6) is 0. The Bertz CT molecular complexity index is 201. The van der Waals surface area contributed by atoms with E-state index in [1.54, 1.807) is 0 Å². The highest BCUT2D eigenvalue weighted by Crippen LogP contribution is 2.27. The Morgan fingerprint density at radius 3 is 2.27 bits per heavy atom. The van der Waals surface area contributed by atoms with Gasteiger partial charge in [0, 0.05) is 18.1 Å². The summed E-state index contributed by atoms with van der Waals surface area (Å²) < 4.78 is 0. The maximum absolute atomic E-state index is 2.71. The van der Waals surface area contributed by atoms with Crippen LogP contribution in [0.15, 0.2) is 0 Å². The standard InChI is InChI=1S/C13H26N2/c1-13(2,3)15-10-6-7-12(15)11-14-8-4-5-9-14/h12H,4-11H2,1-3H3/t12-/m0/s1. The van der Waals surface area contributed by atoms with Crippen molar-refractivity contribution >= 4 is 0 Å². The van der Waals surface area contributed by atoms with Gasteiger partial charge < -0.3 is 4.90 Å². The highest BCUT2D eigenvalue weighted by Gasteiger charge is 2.33. The van der Waals surface area contributed by atoms with Gasteiger partial charge in [0.2, 0.25) is 0 Å². The van der Waals surface area contributed by atoms with Crippen molar-refractivity contribution < 1.29 is 0 Å². The normalized spacial score (nSPS) is 30.2. The van der Waals surface area contributed by atoms with Gasteiger partial charge in [-0.2, -0.15) is 0 Å². The first-order chi connectivity index (χ1) is 7.07. The van der Waals surface area contributed by atoms with Crippen molar-refractivity contribution in [2.24, 2.45) is 0 Å². The summed E-state index contributed by atoms with van der Waals surface area (Å²) in [7, 11) is 0. The molecule has 0 aliphatic carbocycles. The molecular formula is C13H26N2. The molecule has 15 heavy (non-hydrogen) atoms. The van der Waals surface area contributed by atoms with Crippen molar-refractivity contribution in [3.05, 3.63) is 0 Å². The first-order valence-corrected chi connectivity index (χ1v) is 6.56. The maximum Gasteiger partial charge on any atom is 0.0228 e. The lowest BCUT2D eigenvalue weighted by molar-refractivity contribution is 0.0980. The Morgan fingerprint density at radius 2 is 1.67 bits per heavy atom. The van der Waals surface area contributed by atoms with E-state index < -0.39 is 0 Å². The van der Waals surface area contributed by atoms with E-state index in [9.17, 15) is 0 Å². The molecule has 0 aromatic heterocycles. The zero-order chi connectivity index (χ0) is 10.9. The molecule has 1 atom stereocenters.